The normalized spacial score (nSPS) is 17.8. The number of aryl methyl sites for hydroxylation is 1. The van der Waals surface area contributed by atoms with E-state index in [4.69, 9.17) is 4.74 Å². The lowest BCUT2D eigenvalue weighted by atomic mass is 9.82. The van der Waals surface area contributed by atoms with Crippen molar-refractivity contribution in [3.63, 3.8) is 0 Å². The average molecular weight is 521 g/mol. The number of pyridine rings is 1. The molecule has 1 N–H and O–H groups in total. The Morgan fingerprint density at radius 3 is 2.42 bits per heavy atom. The number of halogens is 2. The Kier molecular flexibility index (Phi) is 7.12. The maximum Gasteiger partial charge on any atom is 0.307 e. The van der Waals surface area contributed by atoms with E-state index in [2.05, 4.69) is 23.7 Å². The summed E-state index contributed by atoms with van der Waals surface area (Å²) in [6, 6.07) is 11.1. The fraction of sp³-hybridized carbons (Fsp3) is 0.419. The molecule has 7 heteroatoms. The Hall–Kier alpha value is -3.48. The summed E-state index contributed by atoms with van der Waals surface area (Å²) in [5.41, 5.74) is 4.55. The fourth-order valence-electron chi connectivity index (χ4n) is 5.29. The van der Waals surface area contributed by atoms with Gasteiger partial charge < -0.3 is 14.7 Å². The van der Waals surface area contributed by atoms with E-state index in [0.29, 0.717) is 22.4 Å². The highest BCUT2D eigenvalue weighted by atomic mass is 19.1. The van der Waals surface area contributed by atoms with Crippen LogP contribution in [-0.4, -0.2) is 29.1 Å². The van der Waals surface area contributed by atoms with E-state index in [1.54, 1.807) is 30.5 Å². The number of aliphatic carboxylic acids is 1. The molecule has 1 saturated carbocycles. The number of rotatable bonds is 8. The summed E-state index contributed by atoms with van der Waals surface area (Å²) in [5, 5.41) is 9.64. The molecule has 0 amide bonds. The summed E-state index contributed by atoms with van der Waals surface area (Å²) < 4.78 is 35.1. The molecule has 5 nitrogen and oxygen atoms in total. The molecular formula is C31H34F2N2O3. The van der Waals surface area contributed by atoms with Crippen molar-refractivity contribution in [2.45, 2.75) is 59.0 Å². The van der Waals surface area contributed by atoms with Gasteiger partial charge in [-0.1, -0.05) is 32.0 Å². The first-order valence-corrected chi connectivity index (χ1v) is 13.3. The standard InChI is InChI=1S/C31H34F2N2O3/c1-19-24(17-28(36)37)29(35-14-12-31(2,3)13-15-35)25(18-34-19)22-8-11-27(26(33)16-22)38-30(20-4-5-20)21-6-9-23(32)10-7-21/h6-11,16,18,20,30H,4-5,12-15,17H2,1-3H3,(H,36,37). The highest BCUT2D eigenvalue weighted by molar-refractivity contribution is 5.84. The first-order valence-electron chi connectivity index (χ1n) is 13.3. The molecule has 5 rings (SSSR count). The van der Waals surface area contributed by atoms with Gasteiger partial charge >= 0.3 is 5.97 Å². The molecule has 2 fully saturated rings. The number of carbonyl (C=O) groups is 1. The smallest absolute Gasteiger partial charge is 0.307 e. The van der Waals surface area contributed by atoms with Gasteiger partial charge in [-0.2, -0.15) is 0 Å². The number of benzene rings is 2. The zero-order valence-electron chi connectivity index (χ0n) is 22.1. The highest BCUT2D eigenvalue weighted by Crippen LogP contribution is 2.45. The van der Waals surface area contributed by atoms with Gasteiger partial charge in [0.2, 0.25) is 0 Å². The van der Waals surface area contributed by atoms with Crippen molar-refractivity contribution in [1.82, 2.24) is 4.98 Å². The molecule has 1 aliphatic carbocycles. The van der Waals surface area contributed by atoms with Crippen molar-refractivity contribution in [1.29, 1.82) is 0 Å². The number of hydrogen-bond donors (Lipinski definition) is 1. The van der Waals surface area contributed by atoms with Crippen molar-refractivity contribution in [2.24, 2.45) is 11.3 Å². The van der Waals surface area contributed by atoms with Crippen molar-refractivity contribution < 1.29 is 23.4 Å². The van der Waals surface area contributed by atoms with Crippen LogP contribution in [0.2, 0.25) is 0 Å². The van der Waals surface area contributed by atoms with E-state index >= 15 is 4.39 Å². The monoisotopic (exact) mass is 520 g/mol. The largest absolute Gasteiger partial charge is 0.482 e. The van der Waals surface area contributed by atoms with Gasteiger partial charge in [0.05, 0.1) is 12.1 Å². The summed E-state index contributed by atoms with van der Waals surface area (Å²) in [6.45, 7) is 7.90. The molecule has 1 unspecified atom stereocenters. The second-order valence-electron chi connectivity index (χ2n) is 11.4. The van der Waals surface area contributed by atoms with E-state index in [1.165, 1.54) is 18.2 Å². The van der Waals surface area contributed by atoms with Crippen LogP contribution in [0.1, 0.15) is 62.5 Å². The predicted octanol–water partition coefficient (Wildman–Crippen LogP) is 7.12. The van der Waals surface area contributed by atoms with Crippen LogP contribution in [0.4, 0.5) is 14.5 Å². The lowest BCUT2D eigenvalue weighted by Crippen LogP contribution is -2.38. The van der Waals surface area contributed by atoms with E-state index < -0.39 is 11.8 Å². The van der Waals surface area contributed by atoms with Crippen molar-refractivity contribution in [3.05, 3.63) is 77.1 Å². The summed E-state index contributed by atoms with van der Waals surface area (Å²) in [5.74, 6) is -1.33. The molecular weight excluding hydrogens is 486 g/mol. The lowest BCUT2D eigenvalue weighted by Gasteiger charge is -2.40. The van der Waals surface area contributed by atoms with E-state index in [1.807, 2.05) is 6.92 Å². The molecule has 0 bridgehead atoms. The zero-order chi connectivity index (χ0) is 27.0. The van der Waals surface area contributed by atoms with Gasteiger partial charge in [0, 0.05) is 42.0 Å². The Bertz CT molecular complexity index is 1330. The third kappa shape index (κ3) is 5.66. The summed E-state index contributed by atoms with van der Waals surface area (Å²) in [6.07, 6.45) is 5.16. The van der Waals surface area contributed by atoms with Crippen LogP contribution in [0.3, 0.4) is 0 Å². The van der Waals surface area contributed by atoms with Gasteiger partial charge in [-0.15, -0.1) is 0 Å². The van der Waals surface area contributed by atoms with Crippen LogP contribution in [0.15, 0.2) is 48.7 Å². The molecule has 38 heavy (non-hydrogen) atoms. The van der Waals surface area contributed by atoms with Gasteiger partial charge in [-0.05, 0) is 73.4 Å². The van der Waals surface area contributed by atoms with Gasteiger partial charge in [-0.3, -0.25) is 9.78 Å². The molecule has 2 aliphatic rings. The number of hydrogen-bond acceptors (Lipinski definition) is 4. The fourth-order valence-corrected chi connectivity index (χ4v) is 5.29. The highest BCUT2D eigenvalue weighted by Gasteiger charge is 2.35. The second-order valence-corrected chi connectivity index (χ2v) is 11.4. The molecule has 1 saturated heterocycles. The Morgan fingerprint density at radius 1 is 1.13 bits per heavy atom. The SMILES string of the molecule is Cc1ncc(-c2ccc(OC(c3ccc(F)cc3)C3CC3)c(F)c2)c(N2CCC(C)(C)CC2)c1CC(=O)O. The molecule has 1 atom stereocenters. The minimum atomic E-state index is -0.924. The Morgan fingerprint density at radius 2 is 1.82 bits per heavy atom. The van der Waals surface area contributed by atoms with Gasteiger partial charge in [0.25, 0.3) is 0 Å². The molecule has 0 radical (unpaired) electrons. The lowest BCUT2D eigenvalue weighted by molar-refractivity contribution is -0.136. The summed E-state index contributed by atoms with van der Waals surface area (Å²) in [4.78, 5) is 18.5. The van der Waals surface area contributed by atoms with Crippen molar-refractivity contribution >= 4 is 11.7 Å². The third-order valence-corrected chi connectivity index (χ3v) is 7.87. The first-order chi connectivity index (χ1) is 18.1. The average Bonchev–Trinajstić information content (AvgIpc) is 3.71. The van der Waals surface area contributed by atoms with Crippen LogP contribution < -0.4 is 9.64 Å². The summed E-state index contributed by atoms with van der Waals surface area (Å²) >= 11 is 0. The molecule has 0 spiro atoms. The first kappa shape index (κ1) is 26.1. The molecule has 200 valence electrons. The number of ether oxygens (including phenoxy) is 1. The maximum absolute atomic E-state index is 15.5. The number of piperidine rings is 1. The Labute approximate surface area is 222 Å². The van der Waals surface area contributed by atoms with Crippen LogP contribution in [-0.2, 0) is 11.2 Å². The number of carboxylic acid groups (broad SMARTS) is 1. The van der Waals surface area contributed by atoms with Crippen LogP contribution in [0.25, 0.3) is 11.1 Å². The van der Waals surface area contributed by atoms with Crippen LogP contribution >= 0.6 is 0 Å². The topological polar surface area (TPSA) is 62.7 Å². The molecule has 2 aromatic carbocycles. The quantitative estimate of drug-likeness (QED) is 0.343. The number of carboxylic acids is 1. The minimum Gasteiger partial charge on any atom is -0.482 e. The molecule has 2 heterocycles. The van der Waals surface area contributed by atoms with Gasteiger partial charge in [0.1, 0.15) is 11.9 Å². The maximum atomic E-state index is 15.5. The third-order valence-electron chi connectivity index (χ3n) is 7.87. The molecule has 3 aromatic rings. The van der Waals surface area contributed by atoms with Crippen LogP contribution in [0, 0.1) is 29.9 Å². The summed E-state index contributed by atoms with van der Waals surface area (Å²) in [7, 11) is 0. The van der Waals surface area contributed by atoms with Crippen molar-refractivity contribution in [2.75, 3.05) is 18.0 Å². The zero-order valence-corrected chi connectivity index (χ0v) is 22.1. The predicted molar refractivity (Wildman–Crippen MR) is 143 cm³/mol. The van der Waals surface area contributed by atoms with E-state index in [-0.39, 0.29) is 35.4 Å². The van der Waals surface area contributed by atoms with E-state index in [0.717, 1.165) is 50.0 Å². The number of aromatic nitrogens is 1. The number of anilines is 1. The molecule has 1 aliphatic heterocycles. The van der Waals surface area contributed by atoms with Gasteiger partial charge in [0.15, 0.2) is 11.6 Å². The minimum absolute atomic E-state index is 0.141. The van der Waals surface area contributed by atoms with E-state index in [9.17, 15) is 14.3 Å². The van der Waals surface area contributed by atoms with Crippen LogP contribution in [0.5, 0.6) is 5.75 Å². The van der Waals surface area contributed by atoms with Gasteiger partial charge in [-0.25, -0.2) is 8.78 Å². The Balaban J connectivity index is 1.49. The number of nitrogens with zero attached hydrogens (tertiary/aromatic N) is 2. The second kappa shape index (κ2) is 10.4. The molecule has 1 aromatic heterocycles. The van der Waals surface area contributed by atoms with Crippen molar-refractivity contribution in [3.8, 4) is 16.9 Å².